The number of rotatable bonds is 5. The monoisotopic (exact) mass is 514 g/mol. The maximum atomic E-state index is 12.8. The highest BCUT2D eigenvalue weighted by molar-refractivity contribution is 6.00. The minimum absolute atomic E-state index is 0.0770. The first-order valence-corrected chi connectivity index (χ1v) is 13.2. The average Bonchev–Trinajstić information content (AvgIpc) is 3.62. The molecule has 1 saturated carbocycles. The lowest BCUT2D eigenvalue weighted by Gasteiger charge is -2.20. The number of H-pyrrole nitrogens is 2. The molecular weight excluding hydrogens is 488 g/mol. The van der Waals surface area contributed by atoms with Crippen molar-refractivity contribution in [3.63, 3.8) is 0 Å². The zero-order chi connectivity index (χ0) is 26.2. The van der Waals surface area contributed by atoms with Crippen LogP contribution in [0.2, 0.25) is 0 Å². The van der Waals surface area contributed by atoms with Gasteiger partial charge >= 0.3 is 0 Å². The first-order valence-electron chi connectivity index (χ1n) is 13.2. The van der Waals surface area contributed by atoms with Gasteiger partial charge in [-0.2, -0.15) is 5.10 Å². The van der Waals surface area contributed by atoms with E-state index < -0.39 is 0 Å². The molecule has 0 bridgehead atoms. The number of hydrogen-bond acceptors (Lipinski definition) is 6. The molecular formula is C30H26N8O. The lowest BCUT2D eigenvalue weighted by molar-refractivity contribution is -0.120. The lowest BCUT2D eigenvalue weighted by atomic mass is 9.88. The Morgan fingerprint density at radius 3 is 2.56 bits per heavy atom. The van der Waals surface area contributed by atoms with Crippen molar-refractivity contribution in [3.8, 4) is 33.9 Å². The Kier molecular flexibility index (Phi) is 5.81. The predicted molar refractivity (Wildman–Crippen MR) is 151 cm³/mol. The smallest absolute Gasteiger partial charge is 0.227 e. The number of aromatic amines is 2. The highest BCUT2D eigenvalue weighted by atomic mass is 16.1. The van der Waals surface area contributed by atoms with Crippen molar-refractivity contribution in [2.24, 2.45) is 5.92 Å². The molecule has 6 aromatic heterocycles. The van der Waals surface area contributed by atoms with Gasteiger partial charge in [-0.05, 0) is 49.2 Å². The summed E-state index contributed by atoms with van der Waals surface area (Å²) in [6.07, 6.45) is 15.9. The molecule has 1 aliphatic carbocycles. The first-order chi connectivity index (χ1) is 19.2. The summed E-state index contributed by atoms with van der Waals surface area (Å²) in [5.41, 5.74) is 7.53. The van der Waals surface area contributed by atoms with Crippen molar-refractivity contribution in [1.29, 1.82) is 0 Å². The summed E-state index contributed by atoms with van der Waals surface area (Å²) in [5, 5.41) is 12.7. The highest BCUT2D eigenvalue weighted by Crippen LogP contribution is 2.34. The molecule has 0 spiro atoms. The summed E-state index contributed by atoms with van der Waals surface area (Å²) < 4.78 is 0. The van der Waals surface area contributed by atoms with E-state index in [1.807, 2.05) is 36.5 Å². The second-order valence-corrected chi connectivity index (χ2v) is 10.0. The number of aromatic nitrogens is 7. The Morgan fingerprint density at radius 2 is 1.69 bits per heavy atom. The van der Waals surface area contributed by atoms with Crippen molar-refractivity contribution < 1.29 is 4.79 Å². The van der Waals surface area contributed by atoms with Gasteiger partial charge in [0.05, 0.1) is 40.7 Å². The Hall–Kier alpha value is -4.92. The number of carbonyl (C=O) groups excluding carboxylic acids is 1. The van der Waals surface area contributed by atoms with Crippen LogP contribution in [-0.2, 0) is 4.79 Å². The second kappa shape index (κ2) is 9.75. The predicted octanol–water partition coefficient (Wildman–Crippen LogP) is 6.14. The van der Waals surface area contributed by atoms with Gasteiger partial charge in [-0.15, -0.1) is 0 Å². The topological polar surface area (TPSA) is 125 Å². The SMILES string of the molecule is O=C(Nc1cncc(-c2cc3c(-c4cc5c(-c6cccnc6)nccc5[nH]4)n[nH]c3cn2)c1)C1CCCCC1. The van der Waals surface area contributed by atoms with E-state index in [0.717, 1.165) is 81.4 Å². The summed E-state index contributed by atoms with van der Waals surface area (Å²) in [7, 11) is 0. The fourth-order valence-corrected chi connectivity index (χ4v) is 5.45. The molecule has 0 saturated heterocycles. The van der Waals surface area contributed by atoms with Crippen molar-refractivity contribution in [1.82, 2.24) is 35.1 Å². The van der Waals surface area contributed by atoms with Crippen LogP contribution in [0.15, 0.2) is 73.6 Å². The van der Waals surface area contributed by atoms with Crippen molar-refractivity contribution in [2.45, 2.75) is 32.1 Å². The Labute approximate surface area is 224 Å². The van der Waals surface area contributed by atoms with Crippen LogP contribution in [0, 0.1) is 5.92 Å². The van der Waals surface area contributed by atoms with Gasteiger partial charge < -0.3 is 10.3 Å². The van der Waals surface area contributed by atoms with Crippen molar-refractivity contribution in [3.05, 3.63) is 73.6 Å². The summed E-state index contributed by atoms with van der Waals surface area (Å²) in [6.45, 7) is 0. The van der Waals surface area contributed by atoms with Crippen LogP contribution < -0.4 is 5.32 Å². The first kappa shape index (κ1) is 23.2. The van der Waals surface area contributed by atoms with Gasteiger partial charge in [0, 0.05) is 58.1 Å². The number of fused-ring (bicyclic) bond motifs is 2. The fraction of sp³-hybridized carbons (Fsp3) is 0.200. The maximum Gasteiger partial charge on any atom is 0.227 e. The van der Waals surface area contributed by atoms with Gasteiger partial charge in [-0.3, -0.25) is 29.8 Å². The van der Waals surface area contributed by atoms with Gasteiger partial charge in [0.25, 0.3) is 0 Å². The van der Waals surface area contributed by atoms with Gasteiger partial charge in [-0.25, -0.2) is 0 Å². The largest absolute Gasteiger partial charge is 0.353 e. The lowest BCUT2D eigenvalue weighted by Crippen LogP contribution is -2.24. The molecule has 0 radical (unpaired) electrons. The molecule has 7 rings (SSSR count). The molecule has 0 unspecified atom stereocenters. The molecule has 1 amide bonds. The number of pyridine rings is 4. The summed E-state index contributed by atoms with van der Waals surface area (Å²) in [6, 6.07) is 11.9. The van der Waals surface area contributed by atoms with Gasteiger partial charge in [-0.1, -0.05) is 19.3 Å². The molecule has 192 valence electrons. The van der Waals surface area contributed by atoms with Crippen molar-refractivity contribution >= 4 is 33.4 Å². The van der Waals surface area contributed by atoms with Crippen LogP contribution in [-0.4, -0.2) is 41.0 Å². The van der Waals surface area contributed by atoms with Gasteiger partial charge in [0.15, 0.2) is 0 Å². The van der Waals surface area contributed by atoms with Crippen LogP contribution in [0.3, 0.4) is 0 Å². The number of nitrogens with one attached hydrogen (secondary N) is 3. The standard InChI is InChI=1S/C30H26N8O/c39-30(18-5-2-1-3-6-18)35-21-11-20(15-32-16-21)25-12-23-27(17-34-25)37-38-29(23)26-13-22-24(36-26)8-10-33-28(22)19-7-4-9-31-14-19/h4,7-18,36H,1-3,5-6H2,(H,35,39)(H,37,38). The van der Waals surface area contributed by atoms with Crippen LogP contribution in [0.1, 0.15) is 32.1 Å². The van der Waals surface area contributed by atoms with Crippen LogP contribution in [0.4, 0.5) is 5.69 Å². The minimum atomic E-state index is 0.0770. The normalized spacial score (nSPS) is 14.2. The zero-order valence-electron chi connectivity index (χ0n) is 21.2. The number of hydrogen-bond donors (Lipinski definition) is 3. The van der Waals surface area contributed by atoms with Crippen LogP contribution in [0.5, 0.6) is 0 Å². The maximum absolute atomic E-state index is 12.8. The highest BCUT2D eigenvalue weighted by Gasteiger charge is 2.21. The Morgan fingerprint density at radius 1 is 0.821 bits per heavy atom. The fourth-order valence-electron chi connectivity index (χ4n) is 5.45. The third-order valence-electron chi connectivity index (χ3n) is 7.46. The summed E-state index contributed by atoms with van der Waals surface area (Å²) >= 11 is 0. The average molecular weight is 515 g/mol. The van der Waals surface area contributed by atoms with E-state index in [0.29, 0.717) is 5.69 Å². The summed E-state index contributed by atoms with van der Waals surface area (Å²) in [5.74, 6) is 0.156. The quantitative estimate of drug-likeness (QED) is 0.254. The minimum Gasteiger partial charge on any atom is -0.353 e. The van der Waals surface area contributed by atoms with E-state index in [4.69, 9.17) is 0 Å². The van der Waals surface area contributed by atoms with Gasteiger partial charge in [0.2, 0.25) is 5.91 Å². The molecule has 3 N–H and O–H groups in total. The molecule has 6 heterocycles. The van der Waals surface area contributed by atoms with Crippen LogP contribution in [0.25, 0.3) is 55.7 Å². The third kappa shape index (κ3) is 4.41. The van der Waals surface area contributed by atoms with E-state index in [9.17, 15) is 4.79 Å². The van der Waals surface area contributed by atoms with Crippen molar-refractivity contribution in [2.75, 3.05) is 5.32 Å². The Bertz CT molecular complexity index is 1800. The summed E-state index contributed by atoms with van der Waals surface area (Å²) in [4.78, 5) is 34.1. The molecule has 1 fully saturated rings. The number of anilines is 1. The van der Waals surface area contributed by atoms with E-state index >= 15 is 0 Å². The molecule has 1 aliphatic rings. The van der Waals surface area contributed by atoms with Gasteiger partial charge in [0.1, 0.15) is 5.69 Å². The molecule has 0 aliphatic heterocycles. The van der Waals surface area contributed by atoms with E-state index in [1.165, 1.54) is 6.42 Å². The number of amides is 1. The second-order valence-electron chi connectivity index (χ2n) is 10.0. The molecule has 9 heteroatoms. The number of carbonyl (C=O) groups is 1. The Balaban J connectivity index is 1.23. The molecule has 6 aromatic rings. The number of nitrogens with zero attached hydrogens (tertiary/aromatic N) is 5. The van der Waals surface area contributed by atoms with E-state index in [2.05, 4.69) is 46.5 Å². The molecule has 0 aromatic carbocycles. The molecule has 9 nitrogen and oxygen atoms in total. The third-order valence-corrected chi connectivity index (χ3v) is 7.46. The van der Waals surface area contributed by atoms with Crippen LogP contribution >= 0.6 is 0 Å². The molecule has 0 atom stereocenters. The van der Waals surface area contributed by atoms with E-state index in [-0.39, 0.29) is 11.8 Å². The zero-order valence-corrected chi connectivity index (χ0v) is 21.2. The molecule has 39 heavy (non-hydrogen) atoms. The van der Waals surface area contributed by atoms with E-state index in [1.54, 1.807) is 31.0 Å².